The lowest BCUT2D eigenvalue weighted by Crippen LogP contribution is -2.00. The molecule has 0 unspecified atom stereocenters. The molecule has 0 fully saturated rings. The van der Waals surface area contributed by atoms with E-state index in [2.05, 4.69) is 5.32 Å². The maximum absolute atomic E-state index is 13.3. The number of aliphatic carboxylic acids is 1. The number of thiophene rings is 1. The molecule has 0 amide bonds. The summed E-state index contributed by atoms with van der Waals surface area (Å²) in [5, 5.41) is 11.4. The van der Waals surface area contributed by atoms with Crippen LogP contribution in [0.4, 0.5) is 14.5 Å². The largest absolute Gasteiger partial charge is 0.481 e. The second-order valence-corrected chi connectivity index (χ2v) is 5.17. The van der Waals surface area contributed by atoms with Gasteiger partial charge in [-0.15, -0.1) is 11.3 Å². The molecular formula is C13H11F2NO2S. The summed E-state index contributed by atoms with van der Waals surface area (Å²) in [4.78, 5) is 12.1. The summed E-state index contributed by atoms with van der Waals surface area (Å²) in [6, 6.07) is 6.69. The molecule has 0 saturated heterocycles. The zero-order valence-electron chi connectivity index (χ0n) is 9.82. The maximum atomic E-state index is 13.3. The van der Waals surface area contributed by atoms with Crippen LogP contribution in [-0.4, -0.2) is 11.1 Å². The van der Waals surface area contributed by atoms with Gasteiger partial charge >= 0.3 is 5.97 Å². The Morgan fingerprint density at radius 3 is 2.68 bits per heavy atom. The SMILES string of the molecule is O=C(O)Cc1ccc(CNc2cc(F)ccc2F)s1. The van der Waals surface area contributed by atoms with Gasteiger partial charge in [-0.25, -0.2) is 8.78 Å². The van der Waals surface area contributed by atoms with Gasteiger partial charge in [-0.2, -0.15) is 0 Å². The first kappa shape index (κ1) is 13.5. The van der Waals surface area contributed by atoms with Crippen molar-refractivity contribution in [2.45, 2.75) is 13.0 Å². The van der Waals surface area contributed by atoms with Crippen LogP contribution in [0, 0.1) is 11.6 Å². The predicted octanol–water partition coefficient (Wildman–Crippen LogP) is 3.27. The summed E-state index contributed by atoms with van der Waals surface area (Å²) in [6.45, 7) is 0.324. The maximum Gasteiger partial charge on any atom is 0.308 e. The summed E-state index contributed by atoms with van der Waals surface area (Å²) < 4.78 is 26.3. The molecule has 0 spiro atoms. The molecule has 100 valence electrons. The van der Waals surface area contributed by atoms with Gasteiger partial charge in [0, 0.05) is 16.3 Å². The number of benzene rings is 1. The Morgan fingerprint density at radius 1 is 1.21 bits per heavy atom. The van der Waals surface area contributed by atoms with Gasteiger partial charge in [0.05, 0.1) is 12.1 Å². The van der Waals surface area contributed by atoms with Crippen LogP contribution in [0.15, 0.2) is 30.3 Å². The van der Waals surface area contributed by atoms with Crippen LogP contribution < -0.4 is 5.32 Å². The average molecular weight is 283 g/mol. The topological polar surface area (TPSA) is 49.3 Å². The molecule has 6 heteroatoms. The molecule has 3 nitrogen and oxygen atoms in total. The summed E-state index contributed by atoms with van der Waals surface area (Å²) in [7, 11) is 0. The number of nitrogens with one attached hydrogen (secondary N) is 1. The highest BCUT2D eigenvalue weighted by atomic mass is 32.1. The monoisotopic (exact) mass is 283 g/mol. The fourth-order valence-electron chi connectivity index (χ4n) is 1.58. The molecule has 1 aromatic heterocycles. The molecule has 0 aliphatic heterocycles. The van der Waals surface area contributed by atoms with Gasteiger partial charge in [-0.1, -0.05) is 0 Å². The lowest BCUT2D eigenvalue weighted by Gasteiger charge is -2.06. The van der Waals surface area contributed by atoms with E-state index in [9.17, 15) is 13.6 Å². The highest BCUT2D eigenvalue weighted by Crippen LogP contribution is 2.20. The van der Waals surface area contributed by atoms with Crippen molar-refractivity contribution in [3.63, 3.8) is 0 Å². The molecule has 1 heterocycles. The van der Waals surface area contributed by atoms with Crippen LogP contribution in [0.3, 0.4) is 0 Å². The van der Waals surface area contributed by atoms with Gasteiger partial charge in [-0.05, 0) is 30.3 Å². The number of carbonyl (C=O) groups is 1. The molecule has 19 heavy (non-hydrogen) atoms. The first-order chi connectivity index (χ1) is 9.04. The highest BCUT2D eigenvalue weighted by molar-refractivity contribution is 7.12. The fourth-order valence-corrected chi connectivity index (χ4v) is 2.53. The van der Waals surface area contributed by atoms with E-state index in [4.69, 9.17) is 5.11 Å². The molecule has 0 aliphatic rings. The molecule has 2 N–H and O–H groups in total. The van der Waals surface area contributed by atoms with Crippen molar-refractivity contribution < 1.29 is 18.7 Å². The number of anilines is 1. The first-order valence-electron chi connectivity index (χ1n) is 5.53. The lowest BCUT2D eigenvalue weighted by molar-refractivity contribution is -0.136. The van der Waals surface area contributed by atoms with E-state index in [1.807, 2.05) is 0 Å². The Labute approximate surface area is 112 Å². The van der Waals surface area contributed by atoms with Crippen LogP contribution in [-0.2, 0) is 17.8 Å². The highest BCUT2D eigenvalue weighted by Gasteiger charge is 2.06. The third-order valence-corrected chi connectivity index (χ3v) is 3.51. The zero-order chi connectivity index (χ0) is 13.8. The second kappa shape index (κ2) is 5.79. The molecule has 0 radical (unpaired) electrons. The summed E-state index contributed by atoms with van der Waals surface area (Å²) >= 11 is 1.33. The number of hydrogen-bond acceptors (Lipinski definition) is 3. The van der Waals surface area contributed by atoms with E-state index in [0.29, 0.717) is 6.54 Å². The van der Waals surface area contributed by atoms with E-state index in [1.54, 1.807) is 12.1 Å². The molecule has 2 aromatic rings. The molecule has 0 atom stereocenters. The average Bonchev–Trinajstić information content (AvgIpc) is 2.77. The normalized spacial score (nSPS) is 10.4. The standard InChI is InChI=1S/C13H11F2NO2S/c14-8-1-4-11(15)12(5-8)16-7-10-3-2-9(19-10)6-13(17)18/h1-5,16H,6-7H2,(H,17,18). The number of carboxylic acids is 1. The predicted molar refractivity (Wildman–Crippen MR) is 69.3 cm³/mol. The Morgan fingerprint density at radius 2 is 1.95 bits per heavy atom. The minimum Gasteiger partial charge on any atom is -0.481 e. The van der Waals surface area contributed by atoms with Crippen molar-refractivity contribution in [1.82, 2.24) is 0 Å². The molecule has 0 saturated carbocycles. The Hall–Kier alpha value is -1.95. The van der Waals surface area contributed by atoms with Crippen molar-refractivity contribution in [3.05, 3.63) is 51.7 Å². The van der Waals surface area contributed by atoms with Gasteiger partial charge in [0.1, 0.15) is 11.6 Å². The summed E-state index contributed by atoms with van der Waals surface area (Å²) in [6.07, 6.45) is -0.0288. The third-order valence-electron chi connectivity index (χ3n) is 2.42. The van der Waals surface area contributed by atoms with Gasteiger partial charge in [0.15, 0.2) is 0 Å². The summed E-state index contributed by atoms with van der Waals surface area (Å²) in [5.41, 5.74) is 0.0909. The molecular weight excluding hydrogens is 272 g/mol. The van der Waals surface area contributed by atoms with E-state index >= 15 is 0 Å². The Bertz CT molecular complexity index is 598. The van der Waals surface area contributed by atoms with Crippen molar-refractivity contribution >= 4 is 23.0 Å². The van der Waals surface area contributed by atoms with Crippen molar-refractivity contribution in [2.75, 3.05) is 5.32 Å². The van der Waals surface area contributed by atoms with Crippen LogP contribution in [0.25, 0.3) is 0 Å². The van der Waals surface area contributed by atoms with Crippen LogP contribution in [0.2, 0.25) is 0 Å². The van der Waals surface area contributed by atoms with Gasteiger partial charge in [-0.3, -0.25) is 4.79 Å². The third kappa shape index (κ3) is 3.75. The van der Waals surface area contributed by atoms with Gasteiger partial charge < -0.3 is 10.4 Å². The van der Waals surface area contributed by atoms with E-state index in [1.165, 1.54) is 11.3 Å². The number of halogens is 2. The number of hydrogen-bond donors (Lipinski definition) is 2. The molecule has 1 aromatic carbocycles. The van der Waals surface area contributed by atoms with Gasteiger partial charge in [0.2, 0.25) is 0 Å². The zero-order valence-corrected chi connectivity index (χ0v) is 10.6. The van der Waals surface area contributed by atoms with Crippen LogP contribution >= 0.6 is 11.3 Å². The summed E-state index contributed by atoms with van der Waals surface area (Å²) in [5.74, 6) is -1.93. The number of carboxylic acid groups (broad SMARTS) is 1. The van der Waals surface area contributed by atoms with E-state index < -0.39 is 17.6 Å². The Kier molecular flexibility index (Phi) is 4.11. The molecule has 0 bridgehead atoms. The second-order valence-electron chi connectivity index (χ2n) is 3.92. The molecule has 0 aliphatic carbocycles. The lowest BCUT2D eigenvalue weighted by atomic mass is 10.3. The Balaban J connectivity index is 2.00. The van der Waals surface area contributed by atoms with Crippen LogP contribution in [0.1, 0.15) is 9.75 Å². The van der Waals surface area contributed by atoms with Crippen molar-refractivity contribution in [2.24, 2.45) is 0 Å². The molecule has 2 rings (SSSR count). The van der Waals surface area contributed by atoms with Crippen molar-refractivity contribution in [1.29, 1.82) is 0 Å². The fraction of sp³-hybridized carbons (Fsp3) is 0.154. The minimum atomic E-state index is -0.891. The van der Waals surface area contributed by atoms with Gasteiger partial charge in [0.25, 0.3) is 0 Å². The van der Waals surface area contributed by atoms with E-state index in [-0.39, 0.29) is 12.1 Å². The van der Waals surface area contributed by atoms with E-state index in [0.717, 1.165) is 28.0 Å². The quantitative estimate of drug-likeness (QED) is 0.885. The first-order valence-corrected chi connectivity index (χ1v) is 6.34. The van der Waals surface area contributed by atoms with Crippen molar-refractivity contribution in [3.8, 4) is 0 Å². The minimum absolute atomic E-state index is 0.0288. The van der Waals surface area contributed by atoms with Crippen LogP contribution in [0.5, 0.6) is 0 Å². The smallest absolute Gasteiger partial charge is 0.308 e. The number of rotatable bonds is 5.